The molecule has 1 saturated heterocycles. The van der Waals surface area contributed by atoms with Gasteiger partial charge in [-0.1, -0.05) is 11.6 Å². The molecule has 4 rings (SSSR count). The van der Waals surface area contributed by atoms with Gasteiger partial charge in [-0.15, -0.1) is 10.2 Å². The summed E-state index contributed by atoms with van der Waals surface area (Å²) in [6, 6.07) is 4.49. The van der Waals surface area contributed by atoms with E-state index >= 15 is 0 Å². The van der Waals surface area contributed by atoms with Crippen molar-refractivity contribution in [1.82, 2.24) is 29.5 Å². The van der Waals surface area contributed by atoms with Gasteiger partial charge in [-0.25, -0.2) is 14.4 Å². The first-order valence-corrected chi connectivity index (χ1v) is 8.05. The van der Waals surface area contributed by atoms with Crippen LogP contribution >= 0.6 is 11.6 Å². The van der Waals surface area contributed by atoms with Gasteiger partial charge in [-0.2, -0.15) is 0 Å². The van der Waals surface area contributed by atoms with Crippen LogP contribution in [0.1, 0.15) is 13.8 Å². The summed E-state index contributed by atoms with van der Waals surface area (Å²) in [5.41, 5.74) is 2.15. The highest BCUT2D eigenvalue weighted by molar-refractivity contribution is 6.29. The Hall–Kier alpha value is -1.99. The summed E-state index contributed by atoms with van der Waals surface area (Å²) in [5, 5.41) is 9.08. The molecule has 0 bridgehead atoms. The maximum absolute atomic E-state index is 6.08. The molecule has 0 radical (unpaired) electrons. The van der Waals surface area contributed by atoms with Crippen LogP contribution in [0.5, 0.6) is 0 Å². The average Bonchev–Trinajstić information content (AvgIpc) is 2.96. The van der Waals surface area contributed by atoms with Crippen LogP contribution in [0.3, 0.4) is 0 Å². The molecule has 3 aromatic rings. The van der Waals surface area contributed by atoms with Crippen LogP contribution in [0.25, 0.3) is 16.8 Å². The average molecular weight is 332 g/mol. The Labute approximate surface area is 138 Å². The van der Waals surface area contributed by atoms with Gasteiger partial charge in [0.25, 0.3) is 0 Å². The van der Waals surface area contributed by atoms with E-state index in [1.807, 2.05) is 10.5 Å². The Balaban J connectivity index is 1.89. The third kappa shape index (κ3) is 2.31. The monoisotopic (exact) mass is 331 g/mol. The van der Waals surface area contributed by atoms with Gasteiger partial charge in [-0.05, 0) is 33.0 Å². The van der Waals surface area contributed by atoms with E-state index < -0.39 is 0 Å². The Morgan fingerprint density at radius 2 is 1.87 bits per heavy atom. The number of piperazine rings is 1. The smallest absolute Gasteiger partial charge is 0.233 e. The minimum Gasteiger partial charge on any atom is -0.337 e. The number of fused-ring (bicyclic) bond motifs is 3. The maximum atomic E-state index is 6.08. The summed E-state index contributed by atoms with van der Waals surface area (Å²) in [6.07, 6.45) is 1.72. The number of anilines is 1. The molecule has 0 saturated carbocycles. The number of hydrogen-bond donors (Lipinski definition) is 0. The van der Waals surface area contributed by atoms with Crippen LogP contribution < -0.4 is 4.90 Å². The van der Waals surface area contributed by atoms with Crippen LogP contribution in [-0.4, -0.2) is 61.7 Å². The lowest BCUT2D eigenvalue weighted by molar-refractivity contribution is 0.169. The van der Waals surface area contributed by atoms with Crippen molar-refractivity contribution in [3.63, 3.8) is 0 Å². The highest BCUT2D eigenvalue weighted by Crippen LogP contribution is 2.24. The van der Waals surface area contributed by atoms with E-state index in [2.05, 4.69) is 50.9 Å². The zero-order valence-corrected chi connectivity index (χ0v) is 14.1. The molecule has 2 atom stereocenters. The van der Waals surface area contributed by atoms with E-state index in [4.69, 9.17) is 11.6 Å². The standard InChI is InChI=1S/C15H18ClN7/c1-9-7-22(8-10(2)21(9)3)15-20-19-13-6-17-11-4-5-12(16)18-14(11)23(13)15/h4-6,9-10H,7-8H2,1-3H3/t9-,10+. The van der Waals surface area contributed by atoms with E-state index in [0.717, 1.165) is 24.6 Å². The summed E-state index contributed by atoms with van der Waals surface area (Å²) in [6.45, 7) is 6.24. The molecule has 0 aliphatic carbocycles. The highest BCUT2D eigenvalue weighted by Gasteiger charge is 2.29. The lowest BCUT2D eigenvalue weighted by atomic mass is 10.1. The minimum absolute atomic E-state index is 0.437. The summed E-state index contributed by atoms with van der Waals surface area (Å²) in [4.78, 5) is 13.5. The molecule has 3 aromatic heterocycles. The fraction of sp³-hybridized carbons (Fsp3) is 0.467. The van der Waals surface area contributed by atoms with Gasteiger partial charge in [0.05, 0.1) is 6.20 Å². The normalized spacial score (nSPS) is 23.0. The maximum Gasteiger partial charge on any atom is 0.233 e. The van der Waals surface area contributed by atoms with E-state index in [-0.39, 0.29) is 0 Å². The molecule has 0 unspecified atom stereocenters. The second-order valence-electron chi connectivity index (χ2n) is 6.20. The largest absolute Gasteiger partial charge is 0.337 e. The molecule has 0 amide bonds. The van der Waals surface area contributed by atoms with Crippen molar-refractivity contribution in [3.05, 3.63) is 23.5 Å². The molecular formula is C15H18ClN7. The molecule has 4 heterocycles. The SMILES string of the molecule is C[C@@H]1CN(c2nnc3cnc4ccc(Cl)nc4n23)C[C@H](C)N1C. The van der Waals surface area contributed by atoms with Gasteiger partial charge in [0.2, 0.25) is 5.95 Å². The minimum atomic E-state index is 0.437. The number of hydrogen-bond acceptors (Lipinski definition) is 6. The van der Waals surface area contributed by atoms with E-state index in [9.17, 15) is 0 Å². The Kier molecular flexibility index (Phi) is 3.35. The van der Waals surface area contributed by atoms with E-state index in [1.54, 1.807) is 12.3 Å². The molecule has 0 aromatic carbocycles. The van der Waals surface area contributed by atoms with Crippen molar-refractivity contribution in [2.24, 2.45) is 0 Å². The van der Waals surface area contributed by atoms with Gasteiger partial charge < -0.3 is 4.90 Å². The number of aromatic nitrogens is 5. The predicted octanol–water partition coefficient (Wildman–Crippen LogP) is 1.85. The third-order valence-corrected chi connectivity index (χ3v) is 4.88. The van der Waals surface area contributed by atoms with Crippen LogP contribution in [0.2, 0.25) is 5.15 Å². The van der Waals surface area contributed by atoms with Gasteiger partial charge in [0.1, 0.15) is 10.7 Å². The van der Waals surface area contributed by atoms with Gasteiger partial charge in [0.15, 0.2) is 11.3 Å². The molecule has 1 fully saturated rings. The second kappa shape index (κ2) is 5.28. The number of likely N-dealkylation sites (N-methyl/N-ethyl adjacent to an activating group) is 1. The molecular weight excluding hydrogens is 314 g/mol. The molecule has 0 spiro atoms. The lowest BCUT2D eigenvalue weighted by Gasteiger charge is -2.42. The number of pyridine rings is 1. The molecule has 1 aliphatic rings. The quantitative estimate of drug-likeness (QED) is 0.634. The third-order valence-electron chi connectivity index (χ3n) is 4.67. The number of halogens is 1. The summed E-state index contributed by atoms with van der Waals surface area (Å²) in [7, 11) is 2.16. The first kappa shape index (κ1) is 14.6. The van der Waals surface area contributed by atoms with Crippen molar-refractivity contribution in [1.29, 1.82) is 0 Å². The van der Waals surface area contributed by atoms with Gasteiger partial charge in [-0.3, -0.25) is 4.90 Å². The van der Waals surface area contributed by atoms with Crippen molar-refractivity contribution < 1.29 is 0 Å². The van der Waals surface area contributed by atoms with Crippen molar-refractivity contribution in [2.75, 3.05) is 25.0 Å². The number of rotatable bonds is 1. The molecule has 120 valence electrons. The van der Waals surface area contributed by atoms with E-state index in [1.165, 1.54) is 0 Å². The number of nitrogens with zero attached hydrogens (tertiary/aromatic N) is 7. The summed E-state index contributed by atoms with van der Waals surface area (Å²) >= 11 is 6.08. The van der Waals surface area contributed by atoms with Crippen molar-refractivity contribution >= 4 is 34.4 Å². The van der Waals surface area contributed by atoms with Crippen molar-refractivity contribution in [3.8, 4) is 0 Å². The zero-order valence-electron chi connectivity index (χ0n) is 13.3. The molecule has 8 heteroatoms. The topological polar surface area (TPSA) is 62.5 Å². The highest BCUT2D eigenvalue weighted by atomic mass is 35.5. The summed E-state index contributed by atoms with van der Waals surface area (Å²) in [5.74, 6) is 0.800. The molecule has 0 N–H and O–H groups in total. The second-order valence-corrected chi connectivity index (χ2v) is 6.58. The molecule has 7 nitrogen and oxygen atoms in total. The Bertz CT molecular complexity index is 865. The molecule has 1 aliphatic heterocycles. The van der Waals surface area contributed by atoms with Gasteiger partial charge in [0, 0.05) is 25.2 Å². The predicted molar refractivity (Wildman–Crippen MR) is 90.0 cm³/mol. The van der Waals surface area contributed by atoms with Crippen LogP contribution in [-0.2, 0) is 0 Å². The van der Waals surface area contributed by atoms with Crippen molar-refractivity contribution in [2.45, 2.75) is 25.9 Å². The van der Waals surface area contributed by atoms with Crippen LogP contribution in [0, 0.1) is 0 Å². The summed E-state index contributed by atoms with van der Waals surface area (Å²) < 4.78 is 1.94. The lowest BCUT2D eigenvalue weighted by Crippen LogP contribution is -2.55. The Morgan fingerprint density at radius 3 is 2.61 bits per heavy atom. The van der Waals surface area contributed by atoms with Crippen LogP contribution in [0.15, 0.2) is 18.3 Å². The fourth-order valence-electron chi connectivity index (χ4n) is 3.16. The fourth-order valence-corrected chi connectivity index (χ4v) is 3.30. The first-order chi connectivity index (χ1) is 11.0. The zero-order chi connectivity index (χ0) is 16.1. The molecule has 23 heavy (non-hydrogen) atoms. The van der Waals surface area contributed by atoms with E-state index in [0.29, 0.717) is 28.5 Å². The van der Waals surface area contributed by atoms with Crippen LogP contribution in [0.4, 0.5) is 5.95 Å². The first-order valence-electron chi connectivity index (χ1n) is 7.68. The van der Waals surface area contributed by atoms with Gasteiger partial charge >= 0.3 is 0 Å². The Morgan fingerprint density at radius 1 is 1.13 bits per heavy atom.